The SMILES string of the molecule is c1ccc(N2CCC[C@@]3(CN(Cc4cccnc4)CCO3)C2)nc1. The molecule has 5 heteroatoms. The summed E-state index contributed by atoms with van der Waals surface area (Å²) in [6.07, 6.45) is 7.93. The van der Waals surface area contributed by atoms with Crippen LogP contribution in [0.5, 0.6) is 0 Å². The average molecular weight is 324 g/mol. The van der Waals surface area contributed by atoms with Crippen LogP contribution in [0, 0.1) is 0 Å². The van der Waals surface area contributed by atoms with Crippen molar-refractivity contribution in [3.63, 3.8) is 0 Å². The predicted molar refractivity (Wildman–Crippen MR) is 93.9 cm³/mol. The van der Waals surface area contributed by atoms with Gasteiger partial charge in [0.25, 0.3) is 0 Å². The lowest BCUT2D eigenvalue weighted by atomic mass is 9.90. The summed E-state index contributed by atoms with van der Waals surface area (Å²) >= 11 is 0. The van der Waals surface area contributed by atoms with Crippen molar-refractivity contribution >= 4 is 5.82 Å². The summed E-state index contributed by atoms with van der Waals surface area (Å²) in [7, 11) is 0. The van der Waals surface area contributed by atoms with Crippen molar-refractivity contribution in [1.29, 1.82) is 0 Å². The van der Waals surface area contributed by atoms with Crippen LogP contribution in [0.15, 0.2) is 48.9 Å². The van der Waals surface area contributed by atoms with E-state index in [1.165, 1.54) is 5.56 Å². The second kappa shape index (κ2) is 6.87. The molecule has 0 saturated carbocycles. The minimum atomic E-state index is -0.0732. The molecule has 1 spiro atoms. The highest BCUT2D eigenvalue weighted by Gasteiger charge is 2.40. The largest absolute Gasteiger partial charge is 0.370 e. The summed E-state index contributed by atoms with van der Waals surface area (Å²) in [5.74, 6) is 1.06. The number of ether oxygens (including phenoxy) is 1. The Labute approximate surface area is 143 Å². The average Bonchev–Trinajstić information content (AvgIpc) is 2.63. The van der Waals surface area contributed by atoms with Gasteiger partial charge in [0.15, 0.2) is 0 Å². The number of anilines is 1. The fraction of sp³-hybridized carbons (Fsp3) is 0.474. The molecular weight excluding hydrogens is 300 g/mol. The van der Waals surface area contributed by atoms with E-state index in [4.69, 9.17) is 4.74 Å². The van der Waals surface area contributed by atoms with Crippen LogP contribution < -0.4 is 4.90 Å². The number of hydrogen-bond donors (Lipinski definition) is 0. The van der Waals surface area contributed by atoms with E-state index < -0.39 is 0 Å². The lowest BCUT2D eigenvalue weighted by molar-refractivity contribution is -0.116. The maximum atomic E-state index is 6.30. The quantitative estimate of drug-likeness (QED) is 0.867. The van der Waals surface area contributed by atoms with Gasteiger partial charge in [-0.15, -0.1) is 0 Å². The number of nitrogens with zero attached hydrogens (tertiary/aromatic N) is 4. The maximum Gasteiger partial charge on any atom is 0.128 e. The molecular formula is C19H24N4O. The molecule has 2 fully saturated rings. The second-order valence-corrected chi connectivity index (χ2v) is 6.82. The Bertz CT molecular complexity index is 647. The highest BCUT2D eigenvalue weighted by Crippen LogP contribution is 2.31. The second-order valence-electron chi connectivity index (χ2n) is 6.82. The van der Waals surface area contributed by atoms with Crippen LogP contribution in [0.3, 0.4) is 0 Å². The van der Waals surface area contributed by atoms with Gasteiger partial charge in [0, 0.05) is 51.3 Å². The number of aromatic nitrogens is 2. The summed E-state index contributed by atoms with van der Waals surface area (Å²) in [6, 6.07) is 10.3. The number of piperidine rings is 1. The molecule has 4 rings (SSSR count). The minimum Gasteiger partial charge on any atom is -0.370 e. The first-order chi connectivity index (χ1) is 11.8. The zero-order valence-electron chi connectivity index (χ0n) is 14.0. The monoisotopic (exact) mass is 324 g/mol. The van der Waals surface area contributed by atoms with E-state index in [1.807, 2.05) is 30.7 Å². The van der Waals surface area contributed by atoms with Crippen molar-refractivity contribution in [2.45, 2.75) is 25.0 Å². The van der Waals surface area contributed by atoms with Gasteiger partial charge in [-0.1, -0.05) is 12.1 Å². The van der Waals surface area contributed by atoms with Crippen LogP contribution in [0.25, 0.3) is 0 Å². The van der Waals surface area contributed by atoms with Crippen LogP contribution >= 0.6 is 0 Å². The molecule has 1 atom stereocenters. The van der Waals surface area contributed by atoms with Crippen LogP contribution in [-0.2, 0) is 11.3 Å². The Morgan fingerprint density at radius 1 is 1.08 bits per heavy atom. The first kappa shape index (κ1) is 15.5. The lowest BCUT2D eigenvalue weighted by Crippen LogP contribution is -2.59. The Hall–Kier alpha value is -1.98. The molecule has 0 aromatic carbocycles. The number of pyridine rings is 2. The van der Waals surface area contributed by atoms with Crippen molar-refractivity contribution in [3.05, 3.63) is 54.5 Å². The van der Waals surface area contributed by atoms with Gasteiger partial charge in [-0.3, -0.25) is 9.88 Å². The first-order valence-corrected chi connectivity index (χ1v) is 8.74. The van der Waals surface area contributed by atoms with Gasteiger partial charge in [0.05, 0.1) is 12.2 Å². The zero-order chi connectivity index (χ0) is 16.2. The van der Waals surface area contributed by atoms with Crippen molar-refractivity contribution in [1.82, 2.24) is 14.9 Å². The third kappa shape index (κ3) is 3.42. The van der Waals surface area contributed by atoms with E-state index in [9.17, 15) is 0 Å². The van der Waals surface area contributed by atoms with Crippen molar-refractivity contribution in [3.8, 4) is 0 Å². The van der Waals surface area contributed by atoms with E-state index in [0.29, 0.717) is 0 Å². The van der Waals surface area contributed by atoms with Crippen LogP contribution in [-0.4, -0.2) is 53.3 Å². The molecule has 2 saturated heterocycles. The molecule has 0 radical (unpaired) electrons. The van der Waals surface area contributed by atoms with Crippen LogP contribution in [0.1, 0.15) is 18.4 Å². The summed E-state index contributed by atoms with van der Waals surface area (Å²) in [6.45, 7) is 5.70. The van der Waals surface area contributed by atoms with E-state index in [2.05, 4.69) is 38.0 Å². The van der Waals surface area contributed by atoms with E-state index in [1.54, 1.807) is 0 Å². The molecule has 0 bridgehead atoms. The highest BCUT2D eigenvalue weighted by atomic mass is 16.5. The number of hydrogen-bond acceptors (Lipinski definition) is 5. The molecule has 2 aromatic rings. The predicted octanol–water partition coefficient (Wildman–Crippen LogP) is 2.35. The van der Waals surface area contributed by atoms with Gasteiger partial charge in [0.1, 0.15) is 5.82 Å². The molecule has 2 aliphatic rings. The molecule has 0 amide bonds. The van der Waals surface area contributed by atoms with E-state index in [0.717, 1.165) is 58.0 Å². The van der Waals surface area contributed by atoms with Crippen LogP contribution in [0.2, 0.25) is 0 Å². The molecule has 2 aromatic heterocycles. The molecule has 0 unspecified atom stereocenters. The number of rotatable bonds is 3. The Morgan fingerprint density at radius 2 is 2.08 bits per heavy atom. The van der Waals surface area contributed by atoms with Crippen molar-refractivity contribution < 1.29 is 4.74 Å². The summed E-state index contributed by atoms with van der Waals surface area (Å²) in [4.78, 5) is 13.6. The molecule has 24 heavy (non-hydrogen) atoms. The summed E-state index contributed by atoms with van der Waals surface area (Å²) in [5, 5.41) is 0. The Balaban J connectivity index is 1.45. The molecule has 2 aliphatic heterocycles. The standard InChI is InChI=1S/C19H24N4O/c1-2-9-21-18(6-1)23-10-4-7-19(16-23)15-22(11-12-24-19)14-17-5-3-8-20-13-17/h1-3,5-6,8-9,13H,4,7,10-12,14-16H2/t19-/m1/s1. The lowest BCUT2D eigenvalue weighted by Gasteiger charge is -2.48. The highest BCUT2D eigenvalue weighted by molar-refractivity contribution is 5.39. The fourth-order valence-corrected chi connectivity index (χ4v) is 3.89. The van der Waals surface area contributed by atoms with E-state index in [-0.39, 0.29) is 5.60 Å². The van der Waals surface area contributed by atoms with Gasteiger partial charge in [-0.25, -0.2) is 4.98 Å². The van der Waals surface area contributed by atoms with Gasteiger partial charge < -0.3 is 9.64 Å². The fourth-order valence-electron chi connectivity index (χ4n) is 3.89. The maximum absolute atomic E-state index is 6.30. The van der Waals surface area contributed by atoms with Gasteiger partial charge >= 0.3 is 0 Å². The van der Waals surface area contributed by atoms with Gasteiger partial charge in [0.2, 0.25) is 0 Å². The normalized spacial score (nSPS) is 25.1. The third-order valence-electron chi connectivity index (χ3n) is 4.97. The van der Waals surface area contributed by atoms with Crippen molar-refractivity contribution in [2.24, 2.45) is 0 Å². The van der Waals surface area contributed by atoms with Gasteiger partial charge in [-0.05, 0) is 36.6 Å². The number of morpholine rings is 1. The first-order valence-electron chi connectivity index (χ1n) is 8.74. The molecule has 4 heterocycles. The van der Waals surface area contributed by atoms with Gasteiger partial charge in [-0.2, -0.15) is 0 Å². The zero-order valence-corrected chi connectivity index (χ0v) is 14.0. The Kier molecular flexibility index (Phi) is 4.45. The third-order valence-corrected chi connectivity index (χ3v) is 4.97. The smallest absolute Gasteiger partial charge is 0.128 e. The van der Waals surface area contributed by atoms with Crippen LogP contribution in [0.4, 0.5) is 5.82 Å². The molecule has 126 valence electrons. The Morgan fingerprint density at radius 3 is 2.92 bits per heavy atom. The van der Waals surface area contributed by atoms with E-state index >= 15 is 0 Å². The molecule has 5 nitrogen and oxygen atoms in total. The summed E-state index contributed by atoms with van der Waals surface area (Å²) in [5.41, 5.74) is 1.20. The topological polar surface area (TPSA) is 41.5 Å². The summed E-state index contributed by atoms with van der Waals surface area (Å²) < 4.78 is 6.30. The molecule has 0 N–H and O–H groups in total. The van der Waals surface area contributed by atoms with Crippen molar-refractivity contribution in [2.75, 3.05) is 37.7 Å². The minimum absolute atomic E-state index is 0.0732. The molecule has 0 aliphatic carbocycles.